The Morgan fingerprint density at radius 1 is 0.824 bits per heavy atom. The molecule has 2 atom stereocenters. The minimum atomic E-state index is -0.336. The summed E-state index contributed by atoms with van der Waals surface area (Å²) in [6, 6.07) is 0.392. The van der Waals surface area contributed by atoms with E-state index in [0.717, 1.165) is 90.1 Å². The fraction of sp³-hybridized carbons (Fsp3) is 0.926. The second-order valence-electron chi connectivity index (χ2n) is 11.6. The van der Waals surface area contributed by atoms with E-state index < -0.39 is 0 Å². The number of rotatable bonds is 7. The number of β-amino-alcohol motifs (C(OH)–C–C–N with tert-alkyl or cyclic N) is 1. The Labute approximate surface area is 206 Å². The van der Waals surface area contributed by atoms with E-state index in [2.05, 4.69) is 16.7 Å². The van der Waals surface area contributed by atoms with Crippen LogP contribution < -0.4 is 0 Å². The lowest BCUT2D eigenvalue weighted by Crippen LogP contribution is -2.54. The van der Waals surface area contributed by atoms with Crippen molar-refractivity contribution in [3.8, 4) is 0 Å². The van der Waals surface area contributed by atoms with Crippen molar-refractivity contribution in [3.63, 3.8) is 0 Å². The molecule has 4 aliphatic rings. The van der Waals surface area contributed by atoms with Crippen LogP contribution in [0.5, 0.6) is 0 Å². The molecule has 0 bridgehead atoms. The normalized spacial score (nSPS) is 34.3. The van der Waals surface area contributed by atoms with Gasteiger partial charge in [-0.25, -0.2) is 0 Å². The van der Waals surface area contributed by atoms with Crippen molar-refractivity contribution >= 4 is 11.8 Å². The van der Waals surface area contributed by atoms with Crippen LogP contribution in [0.15, 0.2) is 0 Å². The number of hydrogen-bond donors (Lipinski definition) is 1. The fourth-order valence-corrected chi connectivity index (χ4v) is 6.82. The van der Waals surface area contributed by atoms with E-state index in [-0.39, 0.29) is 23.8 Å². The van der Waals surface area contributed by atoms with Gasteiger partial charge < -0.3 is 19.6 Å². The van der Waals surface area contributed by atoms with Crippen LogP contribution in [-0.2, 0) is 14.3 Å². The third-order valence-corrected chi connectivity index (χ3v) is 9.14. The summed E-state index contributed by atoms with van der Waals surface area (Å²) in [6.07, 6.45) is 10.2. The summed E-state index contributed by atoms with van der Waals surface area (Å²) in [5.74, 6) is 2.45. The van der Waals surface area contributed by atoms with Crippen LogP contribution >= 0.6 is 0 Å². The van der Waals surface area contributed by atoms with Gasteiger partial charge in [-0.1, -0.05) is 6.92 Å². The highest BCUT2D eigenvalue weighted by Crippen LogP contribution is 2.34. The van der Waals surface area contributed by atoms with Crippen molar-refractivity contribution in [1.29, 1.82) is 0 Å². The molecule has 1 N–H and O–H groups in total. The third kappa shape index (κ3) is 6.52. The van der Waals surface area contributed by atoms with Crippen LogP contribution in [-0.4, -0.2) is 96.8 Å². The minimum Gasteiger partial charge on any atom is -0.391 e. The average molecular weight is 478 g/mol. The van der Waals surface area contributed by atoms with E-state index in [1.807, 2.05) is 4.90 Å². The topological polar surface area (TPSA) is 73.3 Å². The smallest absolute Gasteiger partial charge is 0.225 e. The molecule has 2 saturated heterocycles. The number of hydrogen-bond acceptors (Lipinski definition) is 5. The van der Waals surface area contributed by atoms with Crippen LogP contribution in [0.3, 0.4) is 0 Å². The number of aliphatic hydroxyl groups excluding tert-OH is 1. The third-order valence-electron chi connectivity index (χ3n) is 9.14. The van der Waals surface area contributed by atoms with E-state index >= 15 is 0 Å². The van der Waals surface area contributed by atoms with Gasteiger partial charge >= 0.3 is 0 Å². The zero-order chi connectivity index (χ0) is 24.1. The number of piperazine rings is 1. The van der Waals surface area contributed by atoms with E-state index in [4.69, 9.17) is 4.74 Å². The number of carbonyl (C=O) groups excluding carboxylic acids is 2. The summed E-state index contributed by atoms with van der Waals surface area (Å²) < 4.78 is 5.61. The second kappa shape index (κ2) is 12.2. The van der Waals surface area contributed by atoms with Gasteiger partial charge in [-0.3, -0.25) is 14.5 Å². The Bertz CT molecular complexity index is 665. The Hall–Kier alpha value is -1.18. The number of methoxy groups -OCH3 is 1. The van der Waals surface area contributed by atoms with Crippen LogP contribution in [0.1, 0.15) is 71.1 Å². The molecule has 7 heteroatoms. The van der Waals surface area contributed by atoms with Gasteiger partial charge in [0.05, 0.1) is 12.7 Å². The maximum absolute atomic E-state index is 13.0. The van der Waals surface area contributed by atoms with Crippen molar-refractivity contribution in [2.45, 2.75) is 83.3 Å². The van der Waals surface area contributed by atoms with Gasteiger partial charge in [0.1, 0.15) is 0 Å². The first-order chi connectivity index (χ1) is 16.4. The lowest BCUT2D eigenvalue weighted by molar-refractivity contribution is -0.139. The summed E-state index contributed by atoms with van der Waals surface area (Å²) in [6.45, 7) is 7.83. The molecule has 4 fully saturated rings. The van der Waals surface area contributed by atoms with Gasteiger partial charge in [0.25, 0.3) is 0 Å². The van der Waals surface area contributed by atoms with E-state index in [1.165, 1.54) is 12.8 Å². The molecule has 0 aromatic rings. The SMILES string of the molecule is COCC(CC1CCC(C(=O)N2CCC(O)C2)CC1)N1CCN(C(=O)C2CCC(C)CC2)CC1. The predicted octanol–water partition coefficient (Wildman–Crippen LogP) is 2.76. The van der Waals surface area contributed by atoms with Crippen molar-refractivity contribution in [1.82, 2.24) is 14.7 Å². The molecule has 2 aliphatic carbocycles. The number of aliphatic hydroxyl groups is 1. The predicted molar refractivity (Wildman–Crippen MR) is 132 cm³/mol. The van der Waals surface area contributed by atoms with Crippen molar-refractivity contribution in [2.24, 2.45) is 23.7 Å². The Morgan fingerprint density at radius 3 is 1.97 bits per heavy atom. The zero-order valence-electron chi connectivity index (χ0n) is 21.5. The van der Waals surface area contributed by atoms with Crippen molar-refractivity contribution in [3.05, 3.63) is 0 Å². The molecule has 2 aliphatic heterocycles. The monoisotopic (exact) mass is 477 g/mol. The maximum atomic E-state index is 13.0. The molecule has 0 spiro atoms. The van der Waals surface area contributed by atoms with Gasteiger partial charge in [-0.2, -0.15) is 0 Å². The summed E-state index contributed by atoms with van der Waals surface area (Å²) in [5, 5.41) is 9.75. The summed E-state index contributed by atoms with van der Waals surface area (Å²) in [7, 11) is 1.79. The van der Waals surface area contributed by atoms with Gasteiger partial charge in [-0.05, 0) is 76.0 Å². The standard InChI is InChI=1S/C27H47N3O4/c1-20-3-7-22(8-4-20)26(32)29-15-13-28(14-16-29)24(19-34-2)17-21-5-9-23(10-6-21)27(33)30-12-11-25(31)18-30/h20-25,31H,3-19H2,1-2H3. The molecule has 0 radical (unpaired) electrons. The zero-order valence-corrected chi connectivity index (χ0v) is 21.5. The van der Waals surface area contributed by atoms with Gasteiger partial charge in [0, 0.05) is 64.3 Å². The molecule has 2 unspecified atom stereocenters. The highest BCUT2D eigenvalue weighted by molar-refractivity contribution is 5.79. The molecule has 0 aromatic carbocycles. The highest BCUT2D eigenvalue weighted by Gasteiger charge is 2.35. The summed E-state index contributed by atoms with van der Waals surface area (Å²) in [4.78, 5) is 32.3. The van der Waals surface area contributed by atoms with Crippen molar-refractivity contribution < 1.29 is 19.4 Å². The van der Waals surface area contributed by atoms with E-state index in [0.29, 0.717) is 31.0 Å². The maximum Gasteiger partial charge on any atom is 0.225 e. The van der Waals surface area contributed by atoms with Crippen LogP contribution in [0.2, 0.25) is 0 Å². The molecule has 34 heavy (non-hydrogen) atoms. The average Bonchev–Trinajstić information content (AvgIpc) is 3.30. The minimum absolute atomic E-state index is 0.139. The molecule has 194 valence electrons. The van der Waals surface area contributed by atoms with Crippen molar-refractivity contribution in [2.75, 3.05) is 53.0 Å². The first-order valence-electron chi connectivity index (χ1n) is 13.9. The highest BCUT2D eigenvalue weighted by atomic mass is 16.5. The van der Waals surface area contributed by atoms with Gasteiger partial charge in [-0.15, -0.1) is 0 Å². The number of amides is 2. The Balaban J connectivity index is 1.21. The van der Waals surface area contributed by atoms with Gasteiger partial charge in [0.2, 0.25) is 11.8 Å². The second-order valence-corrected chi connectivity index (χ2v) is 11.6. The van der Waals surface area contributed by atoms with Crippen LogP contribution in [0, 0.1) is 23.7 Å². The fourth-order valence-electron chi connectivity index (χ4n) is 6.82. The molecular weight excluding hydrogens is 430 g/mol. The number of likely N-dealkylation sites (tertiary alicyclic amines) is 1. The summed E-state index contributed by atoms with van der Waals surface area (Å²) in [5.41, 5.74) is 0. The first kappa shape index (κ1) is 25.9. The Morgan fingerprint density at radius 2 is 1.41 bits per heavy atom. The molecule has 7 nitrogen and oxygen atoms in total. The van der Waals surface area contributed by atoms with Crippen LogP contribution in [0.4, 0.5) is 0 Å². The summed E-state index contributed by atoms with van der Waals surface area (Å²) >= 11 is 0. The number of ether oxygens (including phenoxy) is 1. The molecule has 2 heterocycles. The lowest BCUT2D eigenvalue weighted by Gasteiger charge is -2.42. The largest absolute Gasteiger partial charge is 0.391 e. The number of carbonyl (C=O) groups is 2. The molecule has 4 rings (SSSR count). The van der Waals surface area contributed by atoms with E-state index in [1.54, 1.807) is 7.11 Å². The first-order valence-corrected chi connectivity index (χ1v) is 13.9. The Kier molecular flexibility index (Phi) is 9.28. The van der Waals surface area contributed by atoms with Crippen LogP contribution in [0.25, 0.3) is 0 Å². The van der Waals surface area contributed by atoms with E-state index in [9.17, 15) is 14.7 Å². The quantitative estimate of drug-likeness (QED) is 0.610. The lowest BCUT2D eigenvalue weighted by atomic mass is 9.78. The molecule has 2 saturated carbocycles. The van der Waals surface area contributed by atoms with Gasteiger partial charge in [0.15, 0.2) is 0 Å². The number of nitrogens with zero attached hydrogens (tertiary/aromatic N) is 3. The molecular formula is C27H47N3O4. The molecule has 2 amide bonds. The molecule has 0 aromatic heterocycles.